The average Bonchev–Trinajstić information content (AvgIpc) is 2.11. The van der Waals surface area contributed by atoms with E-state index in [0.717, 1.165) is 0 Å². The summed E-state index contributed by atoms with van der Waals surface area (Å²) in [6.07, 6.45) is 0.492. The number of terminal acetylenes is 1. The van der Waals surface area contributed by atoms with Crippen LogP contribution < -0.4 is 5.32 Å². The van der Waals surface area contributed by atoms with E-state index in [1.807, 2.05) is 0 Å². The zero-order chi connectivity index (χ0) is 11.9. The van der Waals surface area contributed by atoms with Crippen LogP contribution >= 0.6 is 0 Å². The fraction of sp³-hybridized carbons (Fsp3) is 0.667. The first-order chi connectivity index (χ1) is 6.85. The number of hydrogen-bond donors (Lipinski definition) is 1. The number of halogens is 3. The van der Waals surface area contributed by atoms with Gasteiger partial charge in [0.1, 0.15) is 6.61 Å². The molecule has 0 saturated heterocycles. The Kier molecular flexibility index (Phi) is 5.79. The molecule has 15 heavy (non-hydrogen) atoms. The van der Waals surface area contributed by atoms with Gasteiger partial charge in [-0.3, -0.25) is 4.79 Å². The third kappa shape index (κ3) is 9.09. The molecule has 1 amide bonds. The van der Waals surface area contributed by atoms with Crippen molar-refractivity contribution in [1.29, 1.82) is 0 Å². The van der Waals surface area contributed by atoms with Gasteiger partial charge < -0.3 is 10.1 Å². The molecule has 0 rings (SSSR count). The lowest BCUT2D eigenvalue weighted by atomic mass is 10.3. The van der Waals surface area contributed by atoms with Gasteiger partial charge in [0.25, 0.3) is 0 Å². The third-order valence-corrected chi connectivity index (χ3v) is 1.37. The minimum absolute atomic E-state index is 0.137. The quantitative estimate of drug-likeness (QED) is 0.559. The normalized spacial score (nSPS) is 13.0. The van der Waals surface area contributed by atoms with E-state index in [-0.39, 0.29) is 13.0 Å². The average molecular weight is 223 g/mol. The Morgan fingerprint density at radius 3 is 2.67 bits per heavy atom. The van der Waals surface area contributed by atoms with Gasteiger partial charge in [-0.1, -0.05) is 5.92 Å². The van der Waals surface area contributed by atoms with E-state index in [0.29, 0.717) is 0 Å². The van der Waals surface area contributed by atoms with E-state index >= 15 is 0 Å². The number of alkyl halides is 3. The molecular weight excluding hydrogens is 211 g/mol. The smallest absolute Gasteiger partial charge is 0.372 e. The monoisotopic (exact) mass is 223 g/mol. The predicted octanol–water partition coefficient (Wildman–Crippen LogP) is 1.09. The van der Waals surface area contributed by atoms with Crippen molar-refractivity contribution < 1.29 is 22.7 Å². The molecule has 0 aromatic rings. The summed E-state index contributed by atoms with van der Waals surface area (Å²) in [6, 6.07) is -0.430. The molecule has 0 aliphatic rings. The Hall–Kier alpha value is -1.22. The van der Waals surface area contributed by atoms with Gasteiger partial charge in [-0.15, -0.1) is 6.42 Å². The van der Waals surface area contributed by atoms with E-state index in [9.17, 15) is 18.0 Å². The zero-order valence-electron chi connectivity index (χ0n) is 8.23. The number of amides is 1. The van der Waals surface area contributed by atoms with Crippen LogP contribution in [0.4, 0.5) is 13.2 Å². The van der Waals surface area contributed by atoms with Crippen LogP contribution in [0.2, 0.25) is 0 Å². The highest BCUT2D eigenvalue weighted by Gasteiger charge is 2.27. The minimum Gasteiger partial charge on any atom is -0.372 e. The summed E-state index contributed by atoms with van der Waals surface area (Å²) in [5.41, 5.74) is 0. The summed E-state index contributed by atoms with van der Waals surface area (Å²) in [5.74, 6) is 1.83. The second kappa shape index (κ2) is 6.30. The maximum absolute atomic E-state index is 11.6. The van der Waals surface area contributed by atoms with Crippen LogP contribution in [0.25, 0.3) is 0 Å². The van der Waals surface area contributed by atoms with Crippen molar-refractivity contribution in [2.24, 2.45) is 0 Å². The molecule has 0 aromatic carbocycles. The van der Waals surface area contributed by atoms with E-state index in [1.165, 1.54) is 0 Å². The first-order valence-corrected chi connectivity index (χ1v) is 4.25. The van der Waals surface area contributed by atoms with Crippen molar-refractivity contribution in [3.05, 3.63) is 0 Å². The Morgan fingerprint density at radius 1 is 1.60 bits per heavy atom. The third-order valence-electron chi connectivity index (χ3n) is 1.37. The van der Waals surface area contributed by atoms with Gasteiger partial charge in [-0.2, -0.15) is 13.2 Å². The van der Waals surface area contributed by atoms with Crippen LogP contribution in [0.1, 0.15) is 13.3 Å². The first kappa shape index (κ1) is 13.8. The molecule has 0 heterocycles. The number of nitrogens with one attached hydrogen (secondary N) is 1. The van der Waals surface area contributed by atoms with E-state index in [2.05, 4.69) is 16.0 Å². The Labute approximate surface area is 86.0 Å². The lowest BCUT2D eigenvalue weighted by molar-refractivity contribution is -0.174. The molecule has 0 spiro atoms. The molecule has 0 aliphatic heterocycles. The van der Waals surface area contributed by atoms with Crippen molar-refractivity contribution in [3.63, 3.8) is 0 Å². The van der Waals surface area contributed by atoms with Crippen LogP contribution in [-0.4, -0.2) is 31.3 Å². The van der Waals surface area contributed by atoms with Crippen molar-refractivity contribution >= 4 is 5.91 Å². The zero-order valence-corrected chi connectivity index (χ0v) is 8.23. The van der Waals surface area contributed by atoms with Crippen molar-refractivity contribution in [2.45, 2.75) is 25.6 Å². The standard InChI is InChI=1S/C9H12F3NO2/c1-3-7(2)13-8(14)4-5-15-6-9(10,11)12/h1,7H,4-6H2,2H3,(H,13,14). The molecule has 6 heteroatoms. The molecule has 0 aliphatic carbocycles. The maximum Gasteiger partial charge on any atom is 0.411 e. The van der Waals surface area contributed by atoms with Crippen molar-refractivity contribution in [2.75, 3.05) is 13.2 Å². The molecule has 3 nitrogen and oxygen atoms in total. The van der Waals surface area contributed by atoms with Crippen LogP contribution in [0.3, 0.4) is 0 Å². The summed E-state index contributed by atoms with van der Waals surface area (Å²) < 4.78 is 39.0. The van der Waals surface area contributed by atoms with Crippen LogP contribution in [-0.2, 0) is 9.53 Å². The number of ether oxygens (including phenoxy) is 1. The Balaban J connectivity index is 3.53. The highest BCUT2D eigenvalue weighted by molar-refractivity contribution is 5.76. The summed E-state index contributed by atoms with van der Waals surface area (Å²) in [5, 5.41) is 2.39. The molecule has 0 bridgehead atoms. The topological polar surface area (TPSA) is 38.3 Å². The molecule has 0 fully saturated rings. The predicted molar refractivity (Wildman–Crippen MR) is 47.9 cm³/mol. The highest BCUT2D eigenvalue weighted by atomic mass is 19.4. The second-order valence-corrected chi connectivity index (χ2v) is 2.87. The lowest BCUT2D eigenvalue weighted by Crippen LogP contribution is -2.32. The number of carbonyl (C=O) groups excluding carboxylic acids is 1. The fourth-order valence-electron chi connectivity index (χ4n) is 0.708. The largest absolute Gasteiger partial charge is 0.411 e. The Bertz CT molecular complexity index is 245. The highest BCUT2D eigenvalue weighted by Crippen LogP contribution is 2.14. The van der Waals surface area contributed by atoms with Gasteiger partial charge >= 0.3 is 6.18 Å². The van der Waals surface area contributed by atoms with Gasteiger partial charge in [0.15, 0.2) is 0 Å². The molecule has 0 radical (unpaired) electrons. The van der Waals surface area contributed by atoms with Crippen molar-refractivity contribution in [1.82, 2.24) is 5.32 Å². The molecule has 0 saturated carbocycles. The van der Waals surface area contributed by atoms with Crippen LogP contribution in [0.5, 0.6) is 0 Å². The summed E-state index contributed by atoms with van der Waals surface area (Å²) in [4.78, 5) is 11.0. The minimum atomic E-state index is -4.36. The number of rotatable bonds is 5. The van der Waals surface area contributed by atoms with E-state index in [1.54, 1.807) is 6.92 Å². The number of hydrogen-bond acceptors (Lipinski definition) is 2. The Morgan fingerprint density at radius 2 is 2.20 bits per heavy atom. The molecule has 86 valence electrons. The summed E-state index contributed by atoms with van der Waals surface area (Å²) >= 11 is 0. The molecule has 1 unspecified atom stereocenters. The van der Waals surface area contributed by atoms with Crippen LogP contribution in [0, 0.1) is 12.3 Å². The van der Waals surface area contributed by atoms with Crippen LogP contribution in [0.15, 0.2) is 0 Å². The van der Waals surface area contributed by atoms with E-state index in [4.69, 9.17) is 6.42 Å². The summed E-state index contributed by atoms with van der Waals surface area (Å²) in [7, 11) is 0. The maximum atomic E-state index is 11.6. The van der Waals surface area contributed by atoms with Gasteiger partial charge in [0, 0.05) is 6.42 Å². The SMILES string of the molecule is C#CC(C)NC(=O)CCOCC(F)(F)F. The lowest BCUT2D eigenvalue weighted by Gasteiger charge is -2.09. The van der Waals surface area contributed by atoms with Gasteiger partial charge in [-0.05, 0) is 6.92 Å². The second-order valence-electron chi connectivity index (χ2n) is 2.87. The van der Waals surface area contributed by atoms with Gasteiger partial charge in [-0.25, -0.2) is 0 Å². The fourth-order valence-corrected chi connectivity index (χ4v) is 0.708. The molecule has 1 N–H and O–H groups in total. The number of carbonyl (C=O) groups is 1. The molecule has 1 atom stereocenters. The molecule has 0 aromatic heterocycles. The first-order valence-electron chi connectivity index (χ1n) is 4.25. The summed E-state index contributed by atoms with van der Waals surface area (Å²) in [6.45, 7) is -0.0257. The van der Waals surface area contributed by atoms with Gasteiger partial charge in [0.05, 0.1) is 12.6 Å². The van der Waals surface area contributed by atoms with Crippen molar-refractivity contribution in [3.8, 4) is 12.3 Å². The molecular formula is C9H12F3NO2. The van der Waals surface area contributed by atoms with E-state index < -0.39 is 24.7 Å². The van der Waals surface area contributed by atoms with Gasteiger partial charge in [0.2, 0.25) is 5.91 Å².